The van der Waals surface area contributed by atoms with Gasteiger partial charge in [0.05, 0.1) is 11.9 Å². The molecule has 0 saturated carbocycles. The van der Waals surface area contributed by atoms with E-state index >= 15 is 0 Å². The van der Waals surface area contributed by atoms with Crippen LogP contribution in [0.1, 0.15) is 37.2 Å². The van der Waals surface area contributed by atoms with Gasteiger partial charge in [0.1, 0.15) is 12.2 Å². The molecule has 0 aliphatic heterocycles. The summed E-state index contributed by atoms with van der Waals surface area (Å²) in [5.74, 6) is -0.121. The third kappa shape index (κ3) is 4.89. The van der Waals surface area contributed by atoms with Gasteiger partial charge in [-0.25, -0.2) is 0 Å². The Morgan fingerprint density at radius 1 is 1.32 bits per heavy atom. The van der Waals surface area contributed by atoms with E-state index in [9.17, 15) is 18.0 Å². The van der Waals surface area contributed by atoms with Gasteiger partial charge in [0, 0.05) is 13.0 Å². The normalized spacial score (nSPS) is 11.4. The third-order valence-electron chi connectivity index (χ3n) is 2.58. The first-order valence-electron chi connectivity index (χ1n) is 6.18. The van der Waals surface area contributed by atoms with Crippen molar-refractivity contribution in [3.63, 3.8) is 0 Å². The number of anilines is 1. The van der Waals surface area contributed by atoms with Crippen molar-refractivity contribution in [3.05, 3.63) is 24.0 Å². The van der Waals surface area contributed by atoms with Crippen molar-refractivity contribution in [1.29, 1.82) is 0 Å². The van der Waals surface area contributed by atoms with E-state index in [1.54, 1.807) is 6.92 Å². The van der Waals surface area contributed by atoms with Crippen LogP contribution in [0.15, 0.2) is 18.3 Å². The average Bonchev–Trinajstić information content (AvgIpc) is 2.36. The Balaban J connectivity index is 2.88. The lowest BCUT2D eigenvalue weighted by atomic mass is 10.2. The molecule has 0 aliphatic rings. The summed E-state index contributed by atoms with van der Waals surface area (Å²) in [6.45, 7) is 2.81. The maximum atomic E-state index is 12.5. The van der Waals surface area contributed by atoms with Crippen LogP contribution < -0.4 is 4.90 Å². The fourth-order valence-electron chi connectivity index (χ4n) is 1.70. The molecule has 0 fully saturated rings. The molecule has 0 atom stereocenters. The molecule has 19 heavy (non-hydrogen) atoms. The number of ketones is 1. The van der Waals surface area contributed by atoms with Crippen molar-refractivity contribution in [2.45, 2.75) is 32.9 Å². The fourth-order valence-corrected chi connectivity index (χ4v) is 1.70. The summed E-state index contributed by atoms with van der Waals surface area (Å²) >= 11 is 0. The van der Waals surface area contributed by atoms with Crippen molar-refractivity contribution >= 4 is 11.5 Å². The molecule has 3 nitrogen and oxygen atoms in total. The largest absolute Gasteiger partial charge is 0.405 e. The predicted molar refractivity (Wildman–Crippen MR) is 67.4 cm³/mol. The Hall–Kier alpha value is -1.59. The van der Waals surface area contributed by atoms with Crippen molar-refractivity contribution in [2.75, 3.05) is 18.0 Å². The molecule has 6 heteroatoms. The van der Waals surface area contributed by atoms with Gasteiger partial charge in [-0.2, -0.15) is 13.2 Å². The van der Waals surface area contributed by atoms with Gasteiger partial charge < -0.3 is 4.90 Å². The molecule has 0 N–H and O–H groups in total. The molecule has 1 rings (SSSR count). The van der Waals surface area contributed by atoms with Crippen molar-refractivity contribution in [3.8, 4) is 0 Å². The number of carbonyl (C=O) groups is 1. The summed E-state index contributed by atoms with van der Waals surface area (Å²) in [7, 11) is 0. The van der Waals surface area contributed by atoms with Crippen LogP contribution in [0.4, 0.5) is 18.9 Å². The van der Waals surface area contributed by atoms with Crippen LogP contribution in [0.3, 0.4) is 0 Å². The van der Waals surface area contributed by atoms with E-state index in [4.69, 9.17) is 0 Å². The van der Waals surface area contributed by atoms with Gasteiger partial charge in [-0.1, -0.05) is 13.8 Å². The minimum absolute atomic E-state index is 0.121. The van der Waals surface area contributed by atoms with Gasteiger partial charge >= 0.3 is 6.18 Å². The number of pyridine rings is 1. The summed E-state index contributed by atoms with van der Waals surface area (Å²) < 4.78 is 37.4. The van der Waals surface area contributed by atoms with Crippen LogP contribution in [0.2, 0.25) is 0 Å². The lowest BCUT2D eigenvalue weighted by Crippen LogP contribution is -2.34. The lowest BCUT2D eigenvalue weighted by Gasteiger charge is -2.25. The SMILES string of the molecule is CCCN(CC(F)(F)F)c1ccc(C(=O)CC)nc1. The molecule has 0 saturated heterocycles. The molecule has 0 bridgehead atoms. The molecule has 1 heterocycles. The number of nitrogens with zero attached hydrogens (tertiary/aromatic N) is 2. The fraction of sp³-hybridized carbons (Fsp3) is 0.538. The van der Waals surface area contributed by atoms with Crippen LogP contribution in [0, 0.1) is 0 Å². The second-order valence-corrected chi connectivity index (χ2v) is 4.22. The van der Waals surface area contributed by atoms with Crippen LogP contribution in [0.25, 0.3) is 0 Å². The minimum Gasteiger partial charge on any atom is -0.361 e. The van der Waals surface area contributed by atoms with Gasteiger partial charge in [-0.3, -0.25) is 9.78 Å². The Bertz CT molecular complexity index is 415. The highest BCUT2D eigenvalue weighted by Gasteiger charge is 2.30. The van der Waals surface area contributed by atoms with Gasteiger partial charge in [0.2, 0.25) is 0 Å². The third-order valence-corrected chi connectivity index (χ3v) is 2.58. The molecule has 0 spiro atoms. The number of carbonyl (C=O) groups excluding carboxylic acids is 1. The predicted octanol–water partition coefficient (Wildman–Crippen LogP) is 3.45. The van der Waals surface area contributed by atoms with E-state index in [1.807, 2.05) is 6.92 Å². The van der Waals surface area contributed by atoms with E-state index < -0.39 is 12.7 Å². The van der Waals surface area contributed by atoms with Crippen LogP contribution in [-0.4, -0.2) is 30.0 Å². The topological polar surface area (TPSA) is 33.2 Å². The quantitative estimate of drug-likeness (QED) is 0.745. The number of aromatic nitrogens is 1. The van der Waals surface area contributed by atoms with Crippen molar-refractivity contribution in [1.82, 2.24) is 4.98 Å². The number of Topliss-reactive ketones (excluding diaryl/α,β-unsaturated/α-hetero) is 1. The zero-order valence-corrected chi connectivity index (χ0v) is 11.0. The highest BCUT2D eigenvalue weighted by molar-refractivity contribution is 5.94. The standard InChI is InChI=1S/C13H17F3N2O/c1-3-7-18(9-13(14,15)16)10-5-6-11(17-8-10)12(19)4-2/h5-6,8H,3-4,7,9H2,1-2H3. The Kier molecular flexibility index (Phi) is 5.32. The molecule has 106 valence electrons. The van der Waals surface area contributed by atoms with Crippen LogP contribution in [0.5, 0.6) is 0 Å². The van der Waals surface area contributed by atoms with Crippen LogP contribution in [-0.2, 0) is 0 Å². The minimum atomic E-state index is -4.26. The van der Waals surface area contributed by atoms with Gasteiger partial charge in [0.15, 0.2) is 5.78 Å². The van der Waals surface area contributed by atoms with E-state index in [-0.39, 0.29) is 11.5 Å². The molecule has 0 amide bonds. The van der Waals surface area contributed by atoms with E-state index in [0.717, 1.165) is 0 Å². The number of alkyl halides is 3. The van der Waals surface area contributed by atoms with Crippen molar-refractivity contribution < 1.29 is 18.0 Å². The first kappa shape index (κ1) is 15.5. The van der Waals surface area contributed by atoms with E-state index in [0.29, 0.717) is 25.1 Å². The number of halogens is 3. The molecular formula is C13H17F3N2O. The van der Waals surface area contributed by atoms with Gasteiger partial charge in [-0.15, -0.1) is 0 Å². The van der Waals surface area contributed by atoms with Crippen LogP contribution >= 0.6 is 0 Å². The van der Waals surface area contributed by atoms with E-state index in [1.165, 1.54) is 23.2 Å². The molecule has 1 aromatic rings. The highest BCUT2D eigenvalue weighted by Crippen LogP contribution is 2.22. The second-order valence-electron chi connectivity index (χ2n) is 4.22. The van der Waals surface area contributed by atoms with Gasteiger partial charge in [0.25, 0.3) is 0 Å². The first-order valence-corrected chi connectivity index (χ1v) is 6.18. The molecule has 0 aromatic carbocycles. The number of rotatable bonds is 6. The Morgan fingerprint density at radius 3 is 2.42 bits per heavy atom. The molecule has 0 radical (unpaired) electrons. The van der Waals surface area contributed by atoms with Gasteiger partial charge in [-0.05, 0) is 18.6 Å². The Morgan fingerprint density at radius 2 is 2.00 bits per heavy atom. The summed E-state index contributed by atoms with van der Waals surface area (Å²) in [5.41, 5.74) is 0.668. The first-order chi connectivity index (χ1) is 8.87. The summed E-state index contributed by atoms with van der Waals surface area (Å²) in [6.07, 6.45) is -2.00. The highest BCUT2D eigenvalue weighted by atomic mass is 19.4. The molecular weight excluding hydrogens is 257 g/mol. The number of hydrogen-bond acceptors (Lipinski definition) is 3. The lowest BCUT2D eigenvalue weighted by molar-refractivity contribution is -0.119. The summed E-state index contributed by atoms with van der Waals surface area (Å²) in [5, 5.41) is 0. The maximum absolute atomic E-state index is 12.5. The maximum Gasteiger partial charge on any atom is 0.405 e. The average molecular weight is 274 g/mol. The second kappa shape index (κ2) is 6.54. The zero-order valence-electron chi connectivity index (χ0n) is 11.0. The van der Waals surface area contributed by atoms with E-state index in [2.05, 4.69) is 4.98 Å². The zero-order chi connectivity index (χ0) is 14.5. The Labute approximate surface area is 110 Å². The van der Waals surface area contributed by atoms with Crippen molar-refractivity contribution in [2.24, 2.45) is 0 Å². The summed E-state index contributed by atoms with van der Waals surface area (Å²) in [6, 6.07) is 2.98. The smallest absolute Gasteiger partial charge is 0.361 e. The number of hydrogen-bond donors (Lipinski definition) is 0. The molecule has 1 aromatic heterocycles. The summed E-state index contributed by atoms with van der Waals surface area (Å²) in [4.78, 5) is 16.5. The monoisotopic (exact) mass is 274 g/mol. The molecule has 0 unspecified atom stereocenters. The molecule has 0 aliphatic carbocycles.